The number of hydrogen-bond acceptors (Lipinski definition) is 7. The van der Waals surface area contributed by atoms with Gasteiger partial charge in [0.1, 0.15) is 30.5 Å². The maximum absolute atomic E-state index is 12.3. The lowest BCUT2D eigenvalue weighted by atomic mass is 10.0. The second-order valence-corrected chi connectivity index (χ2v) is 10.8. The van der Waals surface area contributed by atoms with Gasteiger partial charge in [0.15, 0.2) is 11.5 Å². The molecule has 0 amide bonds. The molecule has 1 saturated heterocycles. The Kier molecular flexibility index (Phi) is 7.56. The van der Waals surface area contributed by atoms with E-state index in [0.717, 1.165) is 36.8 Å². The highest BCUT2D eigenvalue weighted by molar-refractivity contribution is 6.31. The number of likely N-dealkylation sites (tertiary alicyclic amines) is 1. The molecular formula is C30H33ClN2O5. The molecule has 8 heteroatoms. The third-order valence-corrected chi connectivity index (χ3v) is 7.72. The number of Topliss-reactive ketones (excluding diaryl/α,β-unsaturated/α-hetero) is 1. The number of rotatable bonds is 11. The molecule has 0 unspecified atom stereocenters. The first-order valence-corrected chi connectivity index (χ1v) is 14.1. The van der Waals surface area contributed by atoms with Crippen LogP contribution >= 0.6 is 11.6 Å². The minimum Gasteiger partial charge on any atom is -0.489 e. The smallest absolute Gasteiger partial charge is 0.204 e. The molecular weight excluding hydrogens is 504 g/mol. The average molecular weight is 537 g/mol. The fraction of sp³-hybridized carbons (Fsp3) is 0.467. The topological polar surface area (TPSA) is 70.1 Å². The van der Waals surface area contributed by atoms with Crippen LogP contribution in [0.3, 0.4) is 0 Å². The van der Waals surface area contributed by atoms with E-state index in [1.165, 1.54) is 25.9 Å². The van der Waals surface area contributed by atoms with Gasteiger partial charge in [-0.2, -0.15) is 0 Å². The van der Waals surface area contributed by atoms with Gasteiger partial charge in [-0.1, -0.05) is 17.7 Å². The third-order valence-electron chi connectivity index (χ3n) is 7.37. The first kappa shape index (κ1) is 25.3. The van der Waals surface area contributed by atoms with Gasteiger partial charge in [0, 0.05) is 36.7 Å². The van der Waals surface area contributed by atoms with E-state index in [4.69, 9.17) is 30.5 Å². The first-order valence-electron chi connectivity index (χ1n) is 13.7. The van der Waals surface area contributed by atoms with Gasteiger partial charge in [-0.3, -0.25) is 9.78 Å². The van der Waals surface area contributed by atoms with Gasteiger partial charge in [0.2, 0.25) is 5.75 Å². The van der Waals surface area contributed by atoms with Crippen LogP contribution in [0.5, 0.6) is 28.7 Å². The van der Waals surface area contributed by atoms with Crippen molar-refractivity contribution in [2.24, 2.45) is 5.92 Å². The molecule has 2 aromatic carbocycles. The summed E-state index contributed by atoms with van der Waals surface area (Å²) in [5, 5.41) is 1.25. The minimum absolute atomic E-state index is 0.237. The zero-order chi connectivity index (χ0) is 25.9. The van der Waals surface area contributed by atoms with Crippen molar-refractivity contribution in [3.63, 3.8) is 0 Å². The van der Waals surface area contributed by atoms with E-state index >= 15 is 0 Å². The van der Waals surface area contributed by atoms with E-state index in [2.05, 4.69) is 9.88 Å². The molecule has 0 spiro atoms. The Labute approximate surface area is 228 Å². The Morgan fingerprint density at radius 2 is 1.87 bits per heavy atom. The van der Waals surface area contributed by atoms with E-state index in [0.29, 0.717) is 77.9 Å². The number of fused-ring (bicyclic) bond motifs is 3. The Balaban J connectivity index is 1.20. The summed E-state index contributed by atoms with van der Waals surface area (Å²) in [4.78, 5) is 19.4. The quantitative estimate of drug-likeness (QED) is 0.269. The van der Waals surface area contributed by atoms with Crippen molar-refractivity contribution in [1.29, 1.82) is 0 Å². The van der Waals surface area contributed by atoms with Crippen LogP contribution in [0, 0.1) is 5.92 Å². The van der Waals surface area contributed by atoms with Crippen molar-refractivity contribution in [2.75, 3.05) is 39.5 Å². The monoisotopic (exact) mass is 536 g/mol. The van der Waals surface area contributed by atoms with Crippen LogP contribution in [0.2, 0.25) is 5.02 Å². The van der Waals surface area contributed by atoms with Crippen molar-refractivity contribution in [3.8, 4) is 28.7 Å². The second kappa shape index (κ2) is 11.4. The summed E-state index contributed by atoms with van der Waals surface area (Å²) in [6.45, 7) is 4.89. The second-order valence-electron chi connectivity index (χ2n) is 10.4. The van der Waals surface area contributed by atoms with Gasteiger partial charge < -0.3 is 23.8 Å². The zero-order valence-corrected chi connectivity index (χ0v) is 22.3. The summed E-state index contributed by atoms with van der Waals surface area (Å²) < 4.78 is 24.5. The fourth-order valence-electron chi connectivity index (χ4n) is 5.23. The van der Waals surface area contributed by atoms with Crippen LogP contribution in [0.1, 0.15) is 44.1 Å². The predicted molar refractivity (Wildman–Crippen MR) is 146 cm³/mol. The third kappa shape index (κ3) is 5.84. The number of carbonyl (C=O) groups is 1. The van der Waals surface area contributed by atoms with Gasteiger partial charge >= 0.3 is 0 Å². The molecule has 0 radical (unpaired) electrons. The molecule has 3 heterocycles. The van der Waals surface area contributed by atoms with Gasteiger partial charge in [-0.05, 0) is 74.9 Å². The lowest BCUT2D eigenvalue weighted by Crippen LogP contribution is -2.22. The maximum Gasteiger partial charge on any atom is 0.204 e. The number of nitrogens with zero attached hydrogens (tertiary/aromatic N) is 2. The van der Waals surface area contributed by atoms with Crippen molar-refractivity contribution >= 4 is 28.3 Å². The zero-order valence-electron chi connectivity index (χ0n) is 21.5. The van der Waals surface area contributed by atoms with Crippen LogP contribution in [-0.2, 0) is 11.2 Å². The number of hydrogen-bond donors (Lipinski definition) is 0. The summed E-state index contributed by atoms with van der Waals surface area (Å²) in [7, 11) is 0. The number of benzene rings is 2. The molecule has 1 aromatic heterocycles. The van der Waals surface area contributed by atoms with Crippen molar-refractivity contribution in [2.45, 2.75) is 44.9 Å². The normalized spacial score (nSPS) is 17.1. The van der Waals surface area contributed by atoms with Gasteiger partial charge in [-0.15, -0.1) is 0 Å². The number of ether oxygens (including phenoxy) is 4. The largest absolute Gasteiger partial charge is 0.489 e. The number of carbonyl (C=O) groups excluding carboxylic acids is 1. The van der Waals surface area contributed by atoms with Crippen LogP contribution in [-0.4, -0.2) is 55.1 Å². The standard InChI is InChI=1S/C30H33ClN2O5/c31-24-18-23(7-6-21(24)17-22(34)16-20-4-5-20)38-26-8-9-32-25-19-27(29-30(28(25)26)37-15-14-36-29)35-13-3-12-33-10-1-2-11-33/h6-9,18-20H,1-5,10-17H2. The van der Waals surface area contributed by atoms with E-state index in [-0.39, 0.29) is 5.78 Å². The van der Waals surface area contributed by atoms with Gasteiger partial charge in [0.25, 0.3) is 0 Å². The van der Waals surface area contributed by atoms with E-state index < -0.39 is 0 Å². The lowest BCUT2D eigenvalue weighted by Gasteiger charge is -2.24. The molecule has 7 nitrogen and oxygen atoms in total. The molecule has 1 saturated carbocycles. The highest BCUT2D eigenvalue weighted by atomic mass is 35.5. The minimum atomic E-state index is 0.237. The molecule has 200 valence electrons. The highest BCUT2D eigenvalue weighted by Crippen LogP contribution is 2.48. The molecule has 2 aliphatic heterocycles. The van der Waals surface area contributed by atoms with Gasteiger partial charge in [0.05, 0.1) is 17.5 Å². The van der Waals surface area contributed by atoms with Crippen molar-refractivity contribution in [1.82, 2.24) is 9.88 Å². The lowest BCUT2D eigenvalue weighted by molar-refractivity contribution is -0.118. The van der Waals surface area contributed by atoms with Gasteiger partial charge in [-0.25, -0.2) is 0 Å². The molecule has 38 heavy (non-hydrogen) atoms. The van der Waals surface area contributed by atoms with Crippen LogP contribution in [0.15, 0.2) is 36.5 Å². The summed E-state index contributed by atoms with van der Waals surface area (Å²) in [5.41, 5.74) is 1.53. The first-order chi connectivity index (χ1) is 18.6. The summed E-state index contributed by atoms with van der Waals surface area (Å²) in [6.07, 6.45) is 8.56. The Morgan fingerprint density at radius 3 is 2.66 bits per heavy atom. The Bertz CT molecular complexity index is 1320. The summed E-state index contributed by atoms with van der Waals surface area (Å²) in [5.74, 6) is 3.79. The Hall–Kier alpha value is -3.03. The molecule has 1 aliphatic carbocycles. The number of ketones is 1. The summed E-state index contributed by atoms with van der Waals surface area (Å²) in [6, 6.07) is 9.18. The van der Waals surface area contributed by atoms with Crippen LogP contribution in [0.4, 0.5) is 0 Å². The SMILES string of the molecule is O=C(Cc1ccc(Oc2ccnc3cc(OCCCN4CCCC4)c4c(c23)OCCO4)cc1Cl)CC1CC1. The summed E-state index contributed by atoms with van der Waals surface area (Å²) >= 11 is 6.54. The van der Waals surface area contributed by atoms with E-state index in [1.54, 1.807) is 18.3 Å². The number of pyridine rings is 1. The van der Waals surface area contributed by atoms with E-state index in [1.807, 2.05) is 18.2 Å². The molecule has 0 N–H and O–H groups in total. The molecule has 0 atom stereocenters. The van der Waals surface area contributed by atoms with E-state index in [9.17, 15) is 4.79 Å². The van der Waals surface area contributed by atoms with Crippen molar-refractivity contribution < 1.29 is 23.7 Å². The number of aromatic nitrogens is 1. The maximum atomic E-state index is 12.3. The molecule has 3 aromatic rings. The predicted octanol–water partition coefficient (Wildman–Crippen LogP) is 6.23. The van der Waals surface area contributed by atoms with Crippen LogP contribution < -0.4 is 18.9 Å². The Morgan fingerprint density at radius 1 is 1.05 bits per heavy atom. The van der Waals surface area contributed by atoms with Crippen molar-refractivity contribution in [3.05, 3.63) is 47.1 Å². The number of halogens is 1. The van der Waals surface area contributed by atoms with Crippen LogP contribution in [0.25, 0.3) is 10.9 Å². The molecule has 2 fully saturated rings. The highest BCUT2D eigenvalue weighted by Gasteiger charge is 2.26. The average Bonchev–Trinajstić information content (AvgIpc) is 3.57. The molecule has 0 bridgehead atoms. The molecule has 3 aliphatic rings. The fourth-order valence-corrected chi connectivity index (χ4v) is 5.47. The molecule has 6 rings (SSSR count).